The van der Waals surface area contributed by atoms with Crippen molar-refractivity contribution in [3.63, 3.8) is 0 Å². The van der Waals surface area contributed by atoms with Crippen LogP contribution >= 0.6 is 24.0 Å². The van der Waals surface area contributed by atoms with E-state index in [1.54, 1.807) is 14.2 Å². The van der Waals surface area contributed by atoms with Gasteiger partial charge in [-0.1, -0.05) is 12.8 Å². The molecule has 27 heavy (non-hydrogen) atoms. The fourth-order valence-electron chi connectivity index (χ4n) is 3.84. The van der Waals surface area contributed by atoms with Gasteiger partial charge in [-0.25, -0.2) is 0 Å². The summed E-state index contributed by atoms with van der Waals surface area (Å²) in [5.74, 6) is 2.33. The molecule has 0 radical (unpaired) electrons. The number of nitrogens with zero attached hydrogens (tertiary/aromatic N) is 3. The average Bonchev–Trinajstić information content (AvgIpc) is 2.96. The first-order valence-electron chi connectivity index (χ1n) is 9.72. The van der Waals surface area contributed by atoms with Crippen LogP contribution in [0.3, 0.4) is 0 Å². The molecule has 0 aromatic heterocycles. The summed E-state index contributed by atoms with van der Waals surface area (Å²) in [5, 5.41) is 0. The number of fused-ring (bicyclic) bond motifs is 1. The van der Waals surface area contributed by atoms with Crippen molar-refractivity contribution in [2.45, 2.75) is 38.6 Å². The number of hydrogen-bond acceptors (Lipinski definition) is 4. The molecule has 0 bridgehead atoms. The van der Waals surface area contributed by atoms with Crippen molar-refractivity contribution in [3.05, 3.63) is 23.3 Å². The van der Waals surface area contributed by atoms with E-state index in [1.165, 1.54) is 36.8 Å². The Morgan fingerprint density at radius 2 is 1.63 bits per heavy atom. The van der Waals surface area contributed by atoms with Crippen LogP contribution in [0.25, 0.3) is 0 Å². The molecule has 3 rings (SSSR count). The van der Waals surface area contributed by atoms with E-state index in [4.69, 9.17) is 15.2 Å². The smallest absolute Gasteiger partial charge is 0.191 e. The third-order valence-corrected chi connectivity index (χ3v) is 5.42. The van der Waals surface area contributed by atoms with Crippen LogP contribution in [0.2, 0.25) is 0 Å². The van der Waals surface area contributed by atoms with Crippen LogP contribution in [0.4, 0.5) is 0 Å². The SMILES string of the molecule is COc1cc2c(cc1OC)CN(CCN=C(N)N1CCCCCC1)CC2.I. The Labute approximate surface area is 180 Å². The number of ether oxygens (including phenoxy) is 2. The van der Waals surface area contributed by atoms with E-state index in [1.807, 2.05) is 0 Å². The maximum Gasteiger partial charge on any atom is 0.191 e. The van der Waals surface area contributed by atoms with Crippen molar-refractivity contribution in [1.82, 2.24) is 9.80 Å². The van der Waals surface area contributed by atoms with Gasteiger partial charge < -0.3 is 20.1 Å². The largest absolute Gasteiger partial charge is 0.493 e. The maximum atomic E-state index is 6.21. The fraction of sp³-hybridized carbons (Fsp3) is 0.650. The molecule has 1 aromatic carbocycles. The summed E-state index contributed by atoms with van der Waals surface area (Å²) in [7, 11) is 3.37. The van der Waals surface area contributed by atoms with Crippen molar-refractivity contribution < 1.29 is 9.47 Å². The first-order valence-corrected chi connectivity index (χ1v) is 9.72. The van der Waals surface area contributed by atoms with Crippen molar-refractivity contribution in [1.29, 1.82) is 0 Å². The third-order valence-electron chi connectivity index (χ3n) is 5.42. The molecule has 2 heterocycles. The molecular weight excluding hydrogens is 455 g/mol. The Hall–Kier alpha value is -1.22. The molecule has 0 spiro atoms. The van der Waals surface area contributed by atoms with Gasteiger partial charge in [0.2, 0.25) is 0 Å². The number of benzene rings is 1. The van der Waals surface area contributed by atoms with Crippen LogP contribution in [0.15, 0.2) is 17.1 Å². The summed E-state index contributed by atoms with van der Waals surface area (Å²) in [6.45, 7) is 5.76. The van der Waals surface area contributed by atoms with E-state index in [0.29, 0.717) is 0 Å². The van der Waals surface area contributed by atoms with Gasteiger partial charge in [-0.3, -0.25) is 9.89 Å². The molecule has 2 N–H and O–H groups in total. The van der Waals surface area contributed by atoms with E-state index < -0.39 is 0 Å². The van der Waals surface area contributed by atoms with Gasteiger partial charge in [0, 0.05) is 32.7 Å². The predicted octanol–water partition coefficient (Wildman–Crippen LogP) is 2.87. The van der Waals surface area contributed by atoms with Crippen LogP contribution in [0, 0.1) is 0 Å². The molecule has 0 aliphatic carbocycles. The summed E-state index contributed by atoms with van der Waals surface area (Å²) in [6.07, 6.45) is 6.10. The van der Waals surface area contributed by atoms with Gasteiger partial charge in [-0.15, -0.1) is 24.0 Å². The average molecular weight is 488 g/mol. The second-order valence-electron chi connectivity index (χ2n) is 7.14. The minimum atomic E-state index is 0. The zero-order valence-corrected chi connectivity index (χ0v) is 18.9. The third kappa shape index (κ3) is 5.88. The molecule has 2 aliphatic rings. The van der Waals surface area contributed by atoms with Gasteiger partial charge in [0.1, 0.15) is 0 Å². The summed E-state index contributed by atoms with van der Waals surface area (Å²) in [4.78, 5) is 9.32. The van der Waals surface area contributed by atoms with Gasteiger partial charge in [0.05, 0.1) is 20.8 Å². The van der Waals surface area contributed by atoms with Crippen molar-refractivity contribution in [2.24, 2.45) is 10.7 Å². The molecule has 1 saturated heterocycles. The summed E-state index contributed by atoms with van der Waals surface area (Å²) < 4.78 is 10.9. The summed E-state index contributed by atoms with van der Waals surface area (Å²) in [6, 6.07) is 4.22. The van der Waals surface area contributed by atoms with E-state index >= 15 is 0 Å². The summed E-state index contributed by atoms with van der Waals surface area (Å²) >= 11 is 0. The minimum absolute atomic E-state index is 0. The highest BCUT2D eigenvalue weighted by atomic mass is 127. The van der Waals surface area contributed by atoms with Crippen LogP contribution in [0.5, 0.6) is 11.5 Å². The highest BCUT2D eigenvalue weighted by molar-refractivity contribution is 14.0. The molecule has 0 unspecified atom stereocenters. The topological polar surface area (TPSA) is 63.3 Å². The Bertz CT molecular complexity index is 631. The van der Waals surface area contributed by atoms with Gasteiger partial charge >= 0.3 is 0 Å². The second-order valence-corrected chi connectivity index (χ2v) is 7.14. The zero-order chi connectivity index (χ0) is 18.4. The molecule has 2 aliphatic heterocycles. The van der Waals surface area contributed by atoms with Gasteiger partial charge in [-0.05, 0) is 42.5 Å². The van der Waals surface area contributed by atoms with Gasteiger partial charge in [-0.2, -0.15) is 0 Å². The first-order chi connectivity index (χ1) is 12.7. The first kappa shape index (κ1) is 22.1. The molecule has 6 nitrogen and oxygen atoms in total. The monoisotopic (exact) mass is 488 g/mol. The lowest BCUT2D eigenvalue weighted by atomic mass is 9.99. The highest BCUT2D eigenvalue weighted by Gasteiger charge is 2.19. The predicted molar refractivity (Wildman–Crippen MR) is 120 cm³/mol. The Morgan fingerprint density at radius 3 is 2.26 bits per heavy atom. The molecule has 0 saturated carbocycles. The maximum absolute atomic E-state index is 6.21. The molecule has 0 atom stereocenters. The second kappa shape index (κ2) is 10.9. The molecule has 0 amide bonds. The number of nitrogens with two attached hydrogens (primary N) is 1. The Balaban J connectivity index is 0.00000261. The normalized spacial score (nSPS) is 18.3. The number of rotatable bonds is 5. The molecular formula is C20H33IN4O2. The molecule has 152 valence electrons. The zero-order valence-electron chi connectivity index (χ0n) is 16.6. The lowest BCUT2D eigenvalue weighted by Gasteiger charge is -2.29. The number of aliphatic imine (C=N–C) groups is 1. The van der Waals surface area contributed by atoms with Crippen LogP contribution in [-0.2, 0) is 13.0 Å². The lowest BCUT2D eigenvalue weighted by Crippen LogP contribution is -2.39. The van der Waals surface area contributed by atoms with Crippen molar-refractivity contribution in [3.8, 4) is 11.5 Å². The van der Waals surface area contributed by atoms with Gasteiger partial charge in [0.25, 0.3) is 0 Å². The van der Waals surface area contributed by atoms with E-state index in [-0.39, 0.29) is 24.0 Å². The summed E-state index contributed by atoms with van der Waals surface area (Å²) in [5.41, 5.74) is 8.88. The number of hydrogen-bond donors (Lipinski definition) is 1. The number of methoxy groups -OCH3 is 2. The molecule has 1 aromatic rings. The van der Waals surface area contributed by atoms with Crippen LogP contribution in [-0.4, -0.2) is 62.7 Å². The number of guanidine groups is 1. The van der Waals surface area contributed by atoms with Crippen LogP contribution in [0.1, 0.15) is 36.8 Å². The van der Waals surface area contributed by atoms with Gasteiger partial charge in [0.15, 0.2) is 17.5 Å². The Morgan fingerprint density at radius 1 is 1.00 bits per heavy atom. The van der Waals surface area contributed by atoms with E-state index in [0.717, 1.165) is 63.1 Å². The lowest BCUT2D eigenvalue weighted by molar-refractivity contribution is 0.259. The van der Waals surface area contributed by atoms with Crippen molar-refractivity contribution in [2.75, 3.05) is 46.9 Å². The fourth-order valence-corrected chi connectivity index (χ4v) is 3.84. The Kier molecular flexibility index (Phi) is 8.95. The molecule has 7 heteroatoms. The standard InChI is InChI=1S/C20H32N4O2.HI/c1-25-18-13-16-7-11-23(15-17(16)14-19(18)26-2)12-8-22-20(21)24-9-5-3-4-6-10-24;/h13-14H,3-12,15H2,1-2H3,(H2,21,22);1H. The van der Waals surface area contributed by atoms with E-state index in [2.05, 4.69) is 26.9 Å². The van der Waals surface area contributed by atoms with Crippen molar-refractivity contribution >= 4 is 29.9 Å². The molecule has 1 fully saturated rings. The minimum Gasteiger partial charge on any atom is -0.493 e. The number of halogens is 1. The van der Waals surface area contributed by atoms with Crippen LogP contribution < -0.4 is 15.2 Å². The highest BCUT2D eigenvalue weighted by Crippen LogP contribution is 2.33. The quantitative estimate of drug-likeness (QED) is 0.393. The van der Waals surface area contributed by atoms with E-state index in [9.17, 15) is 0 Å². The number of likely N-dealkylation sites (tertiary alicyclic amines) is 1.